The fourth-order valence-corrected chi connectivity index (χ4v) is 4.13. The maximum Gasteiger partial charge on any atom is 0.500 e. The number of halogens is 3. The van der Waals surface area contributed by atoms with Crippen molar-refractivity contribution in [3.63, 3.8) is 0 Å². The number of benzene rings is 1. The van der Waals surface area contributed by atoms with E-state index >= 15 is 0 Å². The van der Waals surface area contributed by atoms with Gasteiger partial charge in [-0.2, -0.15) is 0 Å². The topological polar surface area (TPSA) is 27.7 Å². The van der Waals surface area contributed by atoms with Gasteiger partial charge in [-0.15, -0.1) is 0 Å². The van der Waals surface area contributed by atoms with Crippen molar-refractivity contribution in [2.45, 2.75) is 38.1 Å². The van der Waals surface area contributed by atoms with Crippen molar-refractivity contribution in [3.05, 3.63) is 35.1 Å². The zero-order valence-corrected chi connectivity index (χ0v) is 14.3. The summed E-state index contributed by atoms with van der Waals surface area (Å²) in [6, 6.07) is 2.84. The Morgan fingerprint density at radius 1 is 0.818 bits per heavy atom. The summed E-state index contributed by atoms with van der Waals surface area (Å²) in [5.41, 5.74) is 0.478. The fourth-order valence-electron chi connectivity index (χ4n) is 2.33. The average molecular weight is 336 g/mol. The van der Waals surface area contributed by atoms with Gasteiger partial charge in [0.15, 0.2) is 17.5 Å². The van der Waals surface area contributed by atoms with Crippen LogP contribution >= 0.6 is 0 Å². The number of hydrogen-bond donors (Lipinski definition) is 0. The molecule has 0 aliphatic heterocycles. The third-order valence-electron chi connectivity index (χ3n) is 3.68. The maximum absolute atomic E-state index is 13.1. The Morgan fingerprint density at radius 2 is 1.32 bits per heavy atom. The molecule has 22 heavy (non-hydrogen) atoms. The highest BCUT2D eigenvalue weighted by Crippen LogP contribution is 2.19. The van der Waals surface area contributed by atoms with Crippen LogP contribution < -0.4 is 0 Å². The van der Waals surface area contributed by atoms with Gasteiger partial charge in [-0.05, 0) is 37.0 Å². The third kappa shape index (κ3) is 5.39. The Kier molecular flexibility index (Phi) is 8.09. The van der Waals surface area contributed by atoms with Gasteiger partial charge in [-0.1, -0.05) is 12.8 Å². The van der Waals surface area contributed by atoms with Crippen molar-refractivity contribution < 1.29 is 26.4 Å². The SMILES string of the molecule is CO[Si](CCCCCCc1cc(F)c(F)c(F)c1)(OC)OC. The van der Waals surface area contributed by atoms with Crippen LogP contribution in [0.1, 0.15) is 31.2 Å². The van der Waals surface area contributed by atoms with E-state index in [1.54, 1.807) is 21.3 Å². The van der Waals surface area contributed by atoms with E-state index in [4.69, 9.17) is 13.3 Å². The first-order valence-corrected chi connectivity index (χ1v) is 9.20. The number of unbranched alkanes of at least 4 members (excludes halogenated alkanes) is 3. The van der Waals surface area contributed by atoms with Crippen LogP contribution in [0.4, 0.5) is 13.2 Å². The molecule has 0 bridgehead atoms. The first kappa shape index (κ1) is 19.2. The van der Waals surface area contributed by atoms with Crippen molar-refractivity contribution in [2.75, 3.05) is 21.3 Å². The molecule has 0 aliphatic rings. The molecule has 1 aromatic rings. The molecule has 0 aromatic heterocycles. The molecule has 0 aliphatic carbocycles. The van der Waals surface area contributed by atoms with E-state index in [1.807, 2.05) is 0 Å². The van der Waals surface area contributed by atoms with Gasteiger partial charge in [-0.3, -0.25) is 0 Å². The lowest BCUT2D eigenvalue weighted by Crippen LogP contribution is -2.42. The van der Waals surface area contributed by atoms with Crippen molar-refractivity contribution in [1.82, 2.24) is 0 Å². The van der Waals surface area contributed by atoms with Gasteiger partial charge in [0, 0.05) is 27.4 Å². The molecule has 0 heterocycles. The molecule has 1 rings (SSSR count). The van der Waals surface area contributed by atoms with Crippen molar-refractivity contribution >= 4 is 8.80 Å². The predicted octanol–water partition coefficient (Wildman–Crippen LogP) is 4.08. The van der Waals surface area contributed by atoms with E-state index in [9.17, 15) is 13.2 Å². The first-order valence-electron chi connectivity index (χ1n) is 7.27. The van der Waals surface area contributed by atoms with Crippen LogP contribution in [-0.2, 0) is 19.7 Å². The van der Waals surface area contributed by atoms with E-state index in [0.717, 1.165) is 43.9 Å². The van der Waals surface area contributed by atoms with Crippen molar-refractivity contribution in [2.24, 2.45) is 0 Å². The average Bonchev–Trinajstić information content (AvgIpc) is 2.52. The predicted molar refractivity (Wildman–Crippen MR) is 80.1 cm³/mol. The quantitative estimate of drug-likeness (QED) is 0.366. The van der Waals surface area contributed by atoms with Crippen LogP contribution in [0.2, 0.25) is 6.04 Å². The first-order chi connectivity index (χ1) is 10.5. The Labute approximate surface area is 130 Å². The smallest absolute Gasteiger partial charge is 0.377 e. The Bertz CT molecular complexity index is 436. The molecule has 1 aromatic carbocycles. The number of hydrogen-bond acceptors (Lipinski definition) is 3. The van der Waals surface area contributed by atoms with E-state index < -0.39 is 26.3 Å². The second kappa shape index (κ2) is 9.29. The van der Waals surface area contributed by atoms with Gasteiger partial charge in [0.05, 0.1) is 0 Å². The summed E-state index contributed by atoms with van der Waals surface area (Å²) < 4.78 is 54.9. The van der Waals surface area contributed by atoms with E-state index in [2.05, 4.69) is 0 Å². The minimum absolute atomic E-state index is 0.478. The zero-order valence-electron chi connectivity index (χ0n) is 13.3. The Morgan fingerprint density at radius 3 is 1.82 bits per heavy atom. The van der Waals surface area contributed by atoms with E-state index in [-0.39, 0.29) is 0 Å². The lowest BCUT2D eigenvalue weighted by Gasteiger charge is -2.24. The largest absolute Gasteiger partial charge is 0.500 e. The summed E-state index contributed by atoms with van der Waals surface area (Å²) in [5, 5.41) is 0. The lowest BCUT2D eigenvalue weighted by molar-refractivity contribution is 0.122. The molecular formula is C15H23F3O3Si. The van der Waals surface area contributed by atoms with Gasteiger partial charge in [0.1, 0.15) is 0 Å². The maximum atomic E-state index is 13.1. The van der Waals surface area contributed by atoms with Crippen LogP contribution in [0.25, 0.3) is 0 Å². The van der Waals surface area contributed by atoms with Crippen LogP contribution in [0, 0.1) is 17.5 Å². The summed E-state index contributed by atoms with van der Waals surface area (Å²) >= 11 is 0. The Hall–Kier alpha value is -0.893. The highest BCUT2D eigenvalue weighted by Gasteiger charge is 2.36. The van der Waals surface area contributed by atoms with Gasteiger partial charge in [-0.25, -0.2) is 13.2 Å². The molecule has 7 heteroatoms. The third-order valence-corrected chi connectivity index (χ3v) is 6.51. The molecule has 0 radical (unpaired) electrons. The monoisotopic (exact) mass is 336 g/mol. The molecular weight excluding hydrogens is 313 g/mol. The molecule has 0 spiro atoms. The molecule has 0 amide bonds. The number of aryl methyl sites for hydroxylation is 1. The van der Waals surface area contributed by atoms with Crippen LogP contribution in [-0.4, -0.2) is 30.1 Å². The second-order valence-electron chi connectivity index (χ2n) is 5.08. The normalized spacial score (nSPS) is 11.9. The number of rotatable bonds is 10. The standard InChI is InChI=1S/C15H23F3O3Si/c1-19-22(20-2,21-3)9-7-5-4-6-8-12-10-13(16)15(18)14(17)11-12/h10-11H,4-9H2,1-3H3. The van der Waals surface area contributed by atoms with E-state index in [1.165, 1.54) is 0 Å². The summed E-state index contributed by atoms with van der Waals surface area (Å²) in [6.07, 6.45) is 4.05. The summed E-state index contributed by atoms with van der Waals surface area (Å²) in [7, 11) is 2.24. The molecule has 0 saturated heterocycles. The molecule has 3 nitrogen and oxygen atoms in total. The molecule has 126 valence electrons. The van der Waals surface area contributed by atoms with Crippen molar-refractivity contribution in [1.29, 1.82) is 0 Å². The summed E-state index contributed by atoms with van der Waals surface area (Å²) in [5.74, 6) is -3.68. The van der Waals surface area contributed by atoms with Gasteiger partial charge in [0.2, 0.25) is 0 Å². The molecule has 0 saturated carbocycles. The Balaban J connectivity index is 2.29. The highest BCUT2D eigenvalue weighted by atomic mass is 28.4. The van der Waals surface area contributed by atoms with E-state index in [0.29, 0.717) is 12.0 Å². The molecule has 0 fully saturated rings. The molecule has 0 N–H and O–H groups in total. The second-order valence-corrected chi connectivity index (χ2v) is 8.17. The molecule has 0 unspecified atom stereocenters. The molecule has 0 atom stereocenters. The minimum atomic E-state index is -2.50. The van der Waals surface area contributed by atoms with Gasteiger partial charge < -0.3 is 13.3 Å². The van der Waals surface area contributed by atoms with Crippen molar-refractivity contribution in [3.8, 4) is 0 Å². The minimum Gasteiger partial charge on any atom is -0.377 e. The fraction of sp³-hybridized carbons (Fsp3) is 0.600. The van der Waals surface area contributed by atoms with Crippen LogP contribution in [0.15, 0.2) is 12.1 Å². The van der Waals surface area contributed by atoms with Crippen LogP contribution in [0.3, 0.4) is 0 Å². The summed E-state index contributed by atoms with van der Waals surface area (Å²) in [4.78, 5) is 0. The van der Waals surface area contributed by atoms with Crippen LogP contribution in [0.5, 0.6) is 0 Å². The lowest BCUT2D eigenvalue weighted by atomic mass is 10.1. The summed E-state index contributed by atoms with van der Waals surface area (Å²) in [6.45, 7) is 0. The van der Waals surface area contributed by atoms with Gasteiger partial charge >= 0.3 is 8.80 Å². The highest BCUT2D eigenvalue weighted by molar-refractivity contribution is 6.60. The van der Waals surface area contributed by atoms with Gasteiger partial charge in [0.25, 0.3) is 0 Å². The zero-order chi connectivity index (χ0) is 16.6.